The number of para-hydroxylation sites is 1. The van der Waals surface area contributed by atoms with Crippen LogP contribution in [0.15, 0.2) is 87.2 Å². The molecule has 5 rings (SSSR count). The Morgan fingerprint density at radius 3 is 2.51 bits per heavy atom. The minimum atomic E-state index is -0.350. The maximum atomic E-state index is 13.9. The number of aryl methyl sites for hydroxylation is 1. The Labute approximate surface area is 286 Å². The van der Waals surface area contributed by atoms with Crippen molar-refractivity contribution in [2.45, 2.75) is 33.6 Å². The molecule has 1 aromatic heterocycles. The number of fused-ring (bicyclic) bond motifs is 1. The topological polar surface area (TPSA) is 104 Å². The Bertz CT molecular complexity index is 2030. The average molecular weight is 718 g/mol. The molecule has 0 aliphatic carbocycles. The number of amides is 1. The van der Waals surface area contributed by atoms with E-state index in [1.807, 2.05) is 38.1 Å². The highest BCUT2D eigenvalue weighted by Crippen LogP contribution is 2.37. The van der Waals surface area contributed by atoms with Crippen molar-refractivity contribution in [1.82, 2.24) is 9.66 Å². The fourth-order valence-corrected chi connectivity index (χ4v) is 5.73. The van der Waals surface area contributed by atoms with Crippen molar-refractivity contribution >= 4 is 56.2 Å². The fraction of sp³-hybridized carbons (Fsp3) is 0.222. The number of hydrogen-bond donors (Lipinski definition) is 1. The number of anilines is 1. The lowest BCUT2D eigenvalue weighted by molar-refractivity contribution is -0.118. The number of nitrogens with one attached hydrogen (secondary N) is 1. The Kier molecular flexibility index (Phi) is 10.6. The van der Waals surface area contributed by atoms with E-state index in [2.05, 4.69) is 40.2 Å². The van der Waals surface area contributed by atoms with Crippen LogP contribution in [-0.4, -0.2) is 42.1 Å². The molecule has 1 heterocycles. The fourth-order valence-electron chi connectivity index (χ4n) is 5.03. The highest BCUT2D eigenvalue weighted by molar-refractivity contribution is 9.10. The van der Waals surface area contributed by atoms with E-state index in [1.54, 1.807) is 61.9 Å². The number of nitrogens with zero attached hydrogens (tertiary/aromatic N) is 3. The van der Waals surface area contributed by atoms with Gasteiger partial charge in [-0.2, -0.15) is 9.78 Å². The summed E-state index contributed by atoms with van der Waals surface area (Å²) in [6, 6.07) is 21.5. The zero-order valence-corrected chi connectivity index (χ0v) is 29.0. The predicted molar refractivity (Wildman–Crippen MR) is 191 cm³/mol. The molecule has 0 radical (unpaired) electrons. The van der Waals surface area contributed by atoms with Gasteiger partial charge in [0.2, 0.25) is 0 Å². The van der Waals surface area contributed by atoms with Gasteiger partial charge in [0.15, 0.2) is 23.9 Å². The second-order valence-electron chi connectivity index (χ2n) is 11.0. The summed E-state index contributed by atoms with van der Waals surface area (Å²) in [5.41, 5.74) is 4.14. The van der Waals surface area contributed by atoms with E-state index in [-0.39, 0.29) is 24.0 Å². The van der Waals surface area contributed by atoms with Crippen molar-refractivity contribution in [2.24, 2.45) is 5.10 Å². The lowest BCUT2D eigenvalue weighted by Crippen LogP contribution is -2.21. The molecule has 0 unspecified atom stereocenters. The zero-order valence-electron chi connectivity index (χ0n) is 26.6. The molecule has 1 N–H and O–H groups in total. The molecular weight excluding hydrogens is 684 g/mol. The molecule has 0 fully saturated rings. The summed E-state index contributed by atoms with van der Waals surface area (Å²) < 4.78 is 19.3. The molecule has 5 aromatic rings. The van der Waals surface area contributed by atoms with Gasteiger partial charge in [0.05, 0.1) is 35.3 Å². The number of hydrogen-bond acceptors (Lipinski definition) is 7. The van der Waals surface area contributed by atoms with Gasteiger partial charge < -0.3 is 19.5 Å². The van der Waals surface area contributed by atoms with Crippen molar-refractivity contribution in [3.05, 3.63) is 109 Å². The van der Waals surface area contributed by atoms with Gasteiger partial charge in [0.1, 0.15) is 5.75 Å². The molecule has 47 heavy (non-hydrogen) atoms. The summed E-state index contributed by atoms with van der Waals surface area (Å²) in [5.74, 6) is 1.76. The van der Waals surface area contributed by atoms with Gasteiger partial charge in [-0.05, 0) is 113 Å². The van der Waals surface area contributed by atoms with Crippen molar-refractivity contribution in [3.63, 3.8) is 0 Å². The molecule has 0 bridgehead atoms. The largest absolute Gasteiger partial charge is 0.496 e. The van der Waals surface area contributed by atoms with Crippen LogP contribution in [0, 0.1) is 6.92 Å². The van der Waals surface area contributed by atoms with E-state index >= 15 is 0 Å². The molecule has 4 aromatic carbocycles. The first-order valence-electron chi connectivity index (χ1n) is 15.0. The molecule has 0 saturated heterocycles. The van der Waals surface area contributed by atoms with Gasteiger partial charge in [0.25, 0.3) is 11.5 Å². The van der Waals surface area contributed by atoms with Gasteiger partial charge in [-0.1, -0.05) is 37.6 Å². The Balaban J connectivity index is 1.51. The number of aromatic nitrogens is 2. The number of benzene rings is 4. The summed E-state index contributed by atoms with van der Waals surface area (Å²) in [6.45, 7) is 8.08. The van der Waals surface area contributed by atoms with E-state index in [4.69, 9.17) is 30.8 Å². The SMILES string of the molecule is CCOc1cc(C=Nn2c(-c3cc(C(C)C)c(OC)cc3C)nc3ccccc3c2=O)cc(Br)c1OCC(=O)Nc1ccc(Cl)cc1. The molecule has 9 nitrogen and oxygen atoms in total. The van der Waals surface area contributed by atoms with Crippen LogP contribution >= 0.6 is 27.5 Å². The predicted octanol–water partition coefficient (Wildman–Crippen LogP) is 8.22. The summed E-state index contributed by atoms with van der Waals surface area (Å²) in [4.78, 5) is 31.3. The van der Waals surface area contributed by atoms with Crippen LogP contribution in [0.1, 0.15) is 43.4 Å². The van der Waals surface area contributed by atoms with Crippen LogP contribution in [0.25, 0.3) is 22.3 Å². The van der Waals surface area contributed by atoms with E-state index < -0.39 is 0 Å². The molecule has 242 valence electrons. The Hall–Kier alpha value is -4.67. The lowest BCUT2D eigenvalue weighted by Gasteiger charge is -2.17. The summed E-state index contributed by atoms with van der Waals surface area (Å²) >= 11 is 9.49. The van der Waals surface area contributed by atoms with Crippen LogP contribution < -0.4 is 25.1 Å². The quantitative estimate of drug-likeness (QED) is 0.138. The van der Waals surface area contributed by atoms with Gasteiger partial charge in [-0.15, -0.1) is 0 Å². The van der Waals surface area contributed by atoms with Gasteiger partial charge in [-0.25, -0.2) is 4.98 Å². The number of ether oxygens (including phenoxy) is 3. The van der Waals surface area contributed by atoms with Gasteiger partial charge >= 0.3 is 0 Å². The second kappa shape index (κ2) is 14.8. The second-order valence-corrected chi connectivity index (χ2v) is 12.3. The molecule has 1 amide bonds. The molecule has 0 atom stereocenters. The van der Waals surface area contributed by atoms with Crippen LogP contribution in [-0.2, 0) is 4.79 Å². The Morgan fingerprint density at radius 1 is 1.06 bits per heavy atom. The molecular formula is C36H34BrClN4O5. The van der Waals surface area contributed by atoms with E-state index in [9.17, 15) is 9.59 Å². The normalized spacial score (nSPS) is 11.3. The minimum Gasteiger partial charge on any atom is -0.496 e. The first kappa shape index (κ1) is 33.7. The monoisotopic (exact) mass is 716 g/mol. The van der Waals surface area contributed by atoms with Crippen molar-refractivity contribution < 1.29 is 19.0 Å². The first-order chi connectivity index (χ1) is 22.6. The van der Waals surface area contributed by atoms with Crippen LogP contribution in [0.2, 0.25) is 5.02 Å². The number of carbonyl (C=O) groups excluding carboxylic acids is 1. The van der Waals surface area contributed by atoms with Crippen LogP contribution in [0.4, 0.5) is 5.69 Å². The van der Waals surface area contributed by atoms with E-state index in [1.165, 1.54) is 4.68 Å². The third-order valence-electron chi connectivity index (χ3n) is 7.32. The van der Waals surface area contributed by atoms with Crippen molar-refractivity contribution in [3.8, 4) is 28.6 Å². The number of rotatable bonds is 11. The smallest absolute Gasteiger partial charge is 0.282 e. The van der Waals surface area contributed by atoms with Crippen molar-refractivity contribution in [2.75, 3.05) is 25.6 Å². The summed E-state index contributed by atoms with van der Waals surface area (Å²) in [6.07, 6.45) is 1.56. The van der Waals surface area contributed by atoms with Crippen molar-refractivity contribution in [1.29, 1.82) is 0 Å². The molecule has 0 aliphatic heterocycles. The average Bonchev–Trinajstić information content (AvgIpc) is 3.04. The summed E-state index contributed by atoms with van der Waals surface area (Å²) in [5, 5.41) is 8.44. The molecule has 0 spiro atoms. The molecule has 11 heteroatoms. The lowest BCUT2D eigenvalue weighted by atomic mass is 9.96. The number of halogens is 2. The van der Waals surface area contributed by atoms with Crippen LogP contribution in [0.3, 0.4) is 0 Å². The van der Waals surface area contributed by atoms with Gasteiger partial charge in [0, 0.05) is 16.3 Å². The molecule has 0 saturated carbocycles. The number of methoxy groups -OCH3 is 1. The third-order valence-corrected chi connectivity index (χ3v) is 8.16. The highest BCUT2D eigenvalue weighted by Gasteiger charge is 2.19. The van der Waals surface area contributed by atoms with E-state index in [0.717, 1.165) is 22.4 Å². The summed E-state index contributed by atoms with van der Waals surface area (Å²) in [7, 11) is 1.65. The number of carbonyl (C=O) groups is 1. The minimum absolute atomic E-state index is 0.173. The first-order valence-corrected chi connectivity index (χ1v) is 16.2. The van der Waals surface area contributed by atoms with Crippen LogP contribution in [0.5, 0.6) is 17.2 Å². The van der Waals surface area contributed by atoms with Gasteiger partial charge in [-0.3, -0.25) is 9.59 Å². The standard InChI is InChI=1S/C36H34BrClN4O5/c1-6-46-32-17-23(16-29(37)34(32)47-20-33(43)40-25-13-11-24(38)12-14-25)19-39-42-35(41-30-10-8-7-9-26(30)36(42)44)28-18-27(21(2)3)31(45-5)15-22(28)4/h7-19,21H,6,20H2,1-5H3,(H,40,43). The third kappa shape index (κ3) is 7.66. The maximum Gasteiger partial charge on any atom is 0.282 e. The zero-order chi connectivity index (χ0) is 33.7. The highest BCUT2D eigenvalue weighted by atomic mass is 79.9. The molecule has 0 aliphatic rings. The maximum absolute atomic E-state index is 13.9. The van der Waals surface area contributed by atoms with E-state index in [0.29, 0.717) is 55.6 Å². The Morgan fingerprint density at radius 2 is 1.81 bits per heavy atom.